The zero-order chi connectivity index (χ0) is 28.8. The van der Waals surface area contributed by atoms with Crippen molar-refractivity contribution < 1.29 is 0 Å². The Morgan fingerprint density at radius 2 is 0.714 bits per heavy atom. The van der Waals surface area contributed by atoms with Gasteiger partial charge in [-0.25, -0.2) is 19.9 Å². The van der Waals surface area contributed by atoms with Gasteiger partial charge in [0.25, 0.3) is 0 Å². The fraction of sp³-hybridized carbons (Fsp3) is 0.105. The van der Waals surface area contributed by atoms with Gasteiger partial charge in [0.15, 0.2) is 11.6 Å². The van der Waals surface area contributed by atoms with E-state index in [0.29, 0.717) is 0 Å². The predicted octanol–water partition coefficient (Wildman–Crippen LogP) is 9.47. The molecule has 0 unspecified atom stereocenters. The highest BCUT2D eigenvalue weighted by atomic mass is 14.9. The molecule has 2 heterocycles. The van der Waals surface area contributed by atoms with Gasteiger partial charge < -0.3 is 0 Å². The summed E-state index contributed by atoms with van der Waals surface area (Å²) in [7, 11) is 0. The van der Waals surface area contributed by atoms with E-state index in [9.17, 15) is 0 Å². The molecule has 0 atom stereocenters. The van der Waals surface area contributed by atoms with Gasteiger partial charge in [-0.2, -0.15) is 0 Å². The molecule has 7 rings (SSSR count). The van der Waals surface area contributed by atoms with E-state index < -0.39 is 0 Å². The Hall–Kier alpha value is -5.22. The van der Waals surface area contributed by atoms with E-state index in [1.165, 1.54) is 38.2 Å². The maximum atomic E-state index is 4.74. The fourth-order valence-electron chi connectivity index (χ4n) is 6.06. The summed E-state index contributed by atoms with van der Waals surface area (Å²) < 4.78 is 0. The number of hydrogen-bond acceptors (Lipinski definition) is 4. The standard InChI is InChI=1S/C38H30N4/c1-23-20-24(2)40-37(39-23)28-18-16-27(17-19-28)35-31-12-5-7-14-33(31)36(34-15-8-6-13-32(34)35)29-10-9-11-30(22-29)38-41-25(3)21-26(4)42-38/h5-22H,1-4H3. The van der Waals surface area contributed by atoms with Crippen LogP contribution in [0, 0.1) is 27.7 Å². The third-order valence-electron chi connectivity index (χ3n) is 7.74. The number of fused-ring (bicyclic) bond motifs is 2. The molecule has 4 heteroatoms. The minimum absolute atomic E-state index is 0.757. The largest absolute Gasteiger partial charge is 0.233 e. The smallest absolute Gasteiger partial charge is 0.159 e. The van der Waals surface area contributed by atoms with Crippen LogP contribution in [0.3, 0.4) is 0 Å². The van der Waals surface area contributed by atoms with Crippen LogP contribution in [0.15, 0.2) is 109 Å². The number of benzene rings is 5. The van der Waals surface area contributed by atoms with Crippen LogP contribution in [0.2, 0.25) is 0 Å². The summed E-state index contributed by atoms with van der Waals surface area (Å²) in [6.45, 7) is 8.06. The maximum absolute atomic E-state index is 4.74. The first-order valence-electron chi connectivity index (χ1n) is 14.2. The van der Waals surface area contributed by atoms with E-state index in [2.05, 4.69) is 107 Å². The summed E-state index contributed by atoms with van der Waals surface area (Å²) in [5.74, 6) is 1.52. The fourth-order valence-corrected chi connectivity index (χ4v) is 6.06. The van der Waals surface area contributed by atoms with Crippen LogP contribution < -0.4 is 0 Å². The lowest BCUT2D eigenvalue weighted by atomic mass is 9.85. The van der Waals surface area contributed by atoms with Gasteiger partial charge in [-0.05, 0) is 89.7 Å². The van der Waals surface area contributed by atoms with Crippen LogP contribution >= 0.6 is 0 Å². The summed E-state index contributed by atoms with van der Waals surface area (Å²) >= 11 is 0. The molecule has 42 heavy (non-hydrogen) atoms. The van der Waals surface area contributed by atoms with Crippen LogP contribution in [0.25, 0.3) is 66.6 Å². The van der Waals surface area contributed by atoms with Crippen molar-refractivity contribution in [2.24, 2.45) is 0 Å². The average molecular weight is 543 g/mol. The molecule has 0 aliphatic rings. The summed E-state index contributed by atoms with van der Waals surface area (Å²) in [4.78, 5) is 18.8. The van der Waals surface area contributed by atoms with Gasteiger partial charge in [0.1, 0.15) is 0 Å². The highest BCUT2D eigenvalue weighted by Crippen LogP contribution is 2.44. The van der Waals surface area contributed by atoms with Gasteiger partial charge in [-0.1, -0.05) is 91.0 Å². The molecule has 0 saturated heterocycles. The number of nitrogens with zero attached hydrogens (tertiary/aromatic N) is 4. The van der Waals surface area contributed by atoms with Crippen LogP contribution in [-0.2, 0) is 0 Å². The van der Waals surface area contributed by atoms with Gasteiger partial charge in [0.2, 0.25) is 0 Å². The molecule has 0 saturated carbocycles. The van der Waals surface area contributed by atoms with Crippen molar-refractivity contribution in [3.63, 3.8) is 0 Å². The van der Waals surface area contributed by atoms with Crippen molar-refractivity contribution in [1.82, 2.24) is 19.9 Å². The van der Waals surface area contributed by atoms with Gasteiger partial charge in [0, 0.05) is 33.9 Å². The second-order valence-corrected chi connectivity index (χ2v) is 10.9. The second-order valence-electron chi connectivity index (χ2n) is 10.9. The molecular formula is C38H30N4. The molecule has 0 spiro atoms. The first-order valence-corrected chi connectivity index (χ1v) is 14.2. The summed E-state index contributed by atoms with van der Waals surface area (Å²) in [6, 6.07) is 38.7. The first-order chi connectivity index (χ1) is 20.4. The Balaban J connectivity index is 1.44. The molecule has 0 amide bonds. The molecule has 0 aliphatic carbocycles. The minimum atomic E-state index is 0.757. The van der Waals surface area contributed by atoms with E-state index in [4.69, 9.17) is 9.97 Å². The third kappa shape index (κ3) is 4.61. The second kappa shape index (κ2) is 10.3. The Morgan fingerprint density at radius 1 is 0.333 bits per heavy atom. The van der Waals surface area contributed by atoms with E-state index in [1.807, 2.05) is 39.8 Å². The third-order valence-corrected chi connectivity index (χ3v) is 7.74. The molecule has 0 radical (unpaired) electrons. The van der Waals surface area contributed by atoms with E-state index in [1.54, 1.807) is 0 Å². The molecule has 7 aromatic rings. The van der Waals surface area contributed by atoms with Crippen LogP contribution in [0.5, 0.6) is 0 Å². The van der Waals surface area contributed by atoms with Gasteiger partial charge in [-0.3, -0.25) is 0 Å². The highest BCUT2D eigenvalue weighted by Gasteiger charge is 2.17. The molecule has 0 fully saturated rings. The first kappa shape index (κ1) is 25.7. The van der Waals surface area contributed by atoms with Gasteiger partial charge in [0.05, 0.1) is 0 Å². The van der Waals surface area contributed by atoms with Crippen molar-refractivity contribution >= 4 is 21.5 Å². The number of aryl methyl sites for hydroxylation is 4. The normalized spacial score (nSPS) is 11.3. The number of aromatic nitrogens is 4. The van der Waals surface area contributed by atoms with Crippen LogP contribution in [0.1, 0.15) is 22.8 Å². The summed E-state index contributed by atoms with van der Waals surface area (Å²) in [5, 5.41) is 4.86. The van der Waals surface area contributed by atoms with Crippen molar-refractivity contribution in [3.05, 3.63) is 132 Å². The Morgan fingerprint density at radius 3 is 1.19 bits per heavy atom. The molecule has 2 aromatic heterocycles. The zero-order valence-electron chi connectivity index (χ0n) is 24.2. The van der Waals surface area contributed by atoms with Crippen molar-refractivity contribution in [1.29, 1.82) is 0 Å². The minimum Gasteiger partial charge on any atom is -0.233 e. The monoisotopic (exact) mass is 542 g/mol. The maximum Gasteiger partial charge on any atom is 0.159 e. The molecule has 202 valence electrons. The van der Waals surface area contributed by atoms with Crippen LogP contribution in [0.4, 0.5) is 0 Å². The van der Waals surface area contributed by atoms with E-state index in [-0.39, 0.29) is 0 Å². The lowest BCUT2D eigenvalue weighted by molar-refractivity contribution is 1.06. The van der Waals surface area contributed by atoms with Crippen molar-refractivity contribution in [2.75, 3.05) is 0 Å². The molecular weight excluding hydrogens is 512 g/mol. The average Bonchev–Trinajstić information content (AvgIpc) is 2.99. The summed E-state index contributed by atoms with van der Waals surface area (Å²) in [6.07, 6.45) is 0. The van der Waals surface area contributed by atoms with Gasteiger partial charge in [-0.15, -0.1) is 0 Å². The Bertz CT molecular complexity index is 2030. The zero-order valence-corrected chi connectivity index (χ0v) is 24.2. The van der Waals surface area contributed by atoms with Gasteiger partial charge >= 0.3 is 0 Å². The number of hydrogen-bond donors (Lipinski definition) is 0. The van der Waals surface area contributed by atoms with Crippen molar-refractivity contribution in [3.8, 4) is 45.0 Å². The number of rotatable bonds is 4. The van der Waals surface area contributed by atoms with E-state index in [0.717, 1.165) is 51.1 Å². The molecule has 0 N–H and O–H groups in total. The lowest BCUT2D eigenvalue weighted by Crippen LogP contribution is -1.95. The Labute approximate surface area is 245 Å². The lowest BCUT2D eigenvalue weighted by Gasteiger charge is -2.18. The van der Waals surface area contributed by atoms with E-state index >= 15 is 0 Å². The molecule has 0 aliphatic heterocycles. The SMILES string of the molecule is Cc1cc(C)nc(-c2ccc(-c3c4ccccc4c(-c4cccc(-c5nc(C)cc(C)n5)c4)c4ccccc34)cc2)n1. The van der Waals surface area contributed by atoms with Crippen molar-refractivity contribution in [2.45, 2.75) is 27.7 Å². The topological polar surface area (TPSA) is 51.6 Å². The molecule has 0 bridgehead atoms. The quantitative estimate of drug-likeness (QED) is 0.208. The predicted molar refractivity (Wildman–Crippen MR) is 173 cm³/mol. The highest BCUT2D eigenvalue weighted by molar-refractivity contribution is 6.21. The van der Waals surface area contributed by atoms with Crippen LogP contribution in [-0.4, -0.2) is 19.9 Å². The Kier molecular flexibility index (Phi) is 6.32. The summed E-state index contributed by atoms with van der Waals surface area (Å²) in [5.41, 5.74) is 10.7. The molecule has 4 nitrogen and oxygen atoms in total. The molecule has 5 aromatic carbocycles.